The molecule has 1 aromatic rings. The van der Waals surface area contributed by atoms with Crippen LogP contribution in [0.5, 0.6) is 0 Å². The summed E-state index contributed by atoms with van der Waals surface area (Å²) in [5, 5.41) is 18.2. The Morgan fingerprint density at radius 2 is 2.13 bits per heavy atom. The summed E-state index contributed by atoms with van der Waals surface area (Å²) in [6, 6.07) is 1.90. The van der Waals surface area contributed by atoms with Crippen LogP contribution in [0.4, 0.5) is 5.82 Å². The van der Waals surface area contributed by atoms with E-state index in [-0.39, 0.29) is 5.69 Å². The van der Waals surface area contributed by atoms with Gasteiger partial charge in [-0.2, -0.15) is 5.26 Å². The van der Waals surface area contributed by atoms with Crippen LogP contribution >= 0.6 is 0 Å². The molecule has 5 heteroatoms. The molecule has 0 aliphatic rings. The molecule has 0 aliphatic carbocycles. The van der Waals surface area contributed by atoms with Gasteiger partial charge in [-0.15, -0.1) is 0 Å². The number of nitriles is 1. The Labute approximate surface area is 89.0 Å². The van der Waals surface area contributed by atoms with Crippen LogP contribution in [-0.2, 0) is 0 Å². The van der Waals surface area contributed by atoms with Gasteiger partial charge in [-0.1, -0.05) is 0 Å². The van der Waals surface area contributed by atoms with Crippen LogP contribution in [0.1, 0.15) is 19.5 Å². The standard InChI is InChI=1S/C10H14N4O/c1-10(2,15)7-14(3)9-6-12-8(4-11)5-13-9/h5-6,15H,7H2,1-3H3. The van der Waals surface area contributed by atoms with E-state index in [0.717, 1.165) is 0 Å². The van der Waals surface area contributed by atoms with E-state index < -0.39 is 5.60 Å². The second kappa shape index (κ2) is 4.24. The highest BCUT2D eigenvalue weighted by Crippen LogP contribution is 2.11. The second-order valence-corrected chi connectivity index (χ2v) is 4.04. The molecule has 0 unspecified atom stereocenters. The molecule has 0 radical (unpaired) electrons. The Morgan fingerprint density at radius 3 is 2.53 bits per heavy atom. The summed E-state index contributed by atoms with van der Waals surface area (Å²) in [5.41, 5.74) is -0.500. The van der Waals surface area contributed by atoms with Gasteiger partial charge in [-0.3, -0.25) is 0 Å². The van der Waals surface area contributed by atoms with Crippen LogP contribution in [0.2, 0.25) is 0 Å². The van der Waals surface area contributed by atoms with Crippen LogP contribution in [0, 0.1) is 11.3 Å². The minimum absolute atomic E-state index is 0.287. The lowest BCUT2D eigenvalue weighted by Gasteiger charge is -2.25. The van der Waals surface area contributed by atoms with Crippen molar-refractivity contribution < 1.29 is 5.11 Å². The molecule has 80 valence electrons. The van der Waals surface area contributed by atoms with Gasteiger partial charge < -0.3 is 10.0 Å². The number of aliphatic hydroxyl groups is 1. The molecule has 0 atom stereocenters. The van der Waals surface area contributed by atoms with Crippen molar-refractivity contribution in [2.24, 2.45) is 0 Å². The van der Waals surface area contributed by atoms with Gasteiger partial charge in [0, 0.05) is 13.6 Å². The van der Waals surface area contributed by atoms with E-state index in [1.165, 1.54) is 12.4 Å². The highest BCUT2D eigenvalue weighted by atomic mass is 16.3. The van der Waals surface area contributed by atoms with E-state index in [1.807, 2.05) is 13.1 Å². The van der Waals surface area contributed by atoms with Crippen molar-refractivity contribution in [2.45, 2.75) is 19.4 Å². The minimum Gasteiger partial charge on any atom is -0.389 e. The van der Waals surface area contributed by atoms with E-state index in [0.29, 0.717) is 12.4 Å². The first kappa shape index (κ1) is 11.4. The lowest BCUT2D eigenvalue weighted by Crippen LogP contribution is -2.36. The third-order valence-electron chi connectivity index (χ3n) is 1.77. The maximum atomic E-state index is 9.61. The lowest BCUT2D eigenvalue weighted by molar-refractivity contribution is 0.0884. The number of anilines is 1. The molecule has 0 amide bonds. The van der Waals surface area contributed by atoms with Crippen LogP contribution < -0.4 is 4.90 Å². The quantitative estimate of drug-likeness (QED) is 0.782. The smallest absolute Gasteiger partial charge is 0.158 e. The zero-order chi connectivity index (χ0) is 11.5. The van der Waals surface area contributed by atoms with E-state index in [1.54, 1.807) is 18.7 Å². The van der Waals surface area contributed by atoms with Gasteiger partial charge in [-0.25, -0.2) is 9.97 Å². The summed E-state index contributed by atoms with van der Waals surface area (Å²) >= 11 is 0. The van der Waals surface area contributed by atoms with Crippen molar-refractivity contribution in [2.75, 3.05) is 18.5 Å². The van der Waals surface area contributed by atoms with Crippen LogP contribution in [0.3, 0.4) is 0 Å². The highest BCUT2D eigenvalue weighted by Gasteiger charge is 2.16. The van der Waals surface area contributed by atoms with Crippen molar-refractivity contribution in [3.05, 3.63) is 18.1 Å². The van der Waals surface area contributed by atoms with E-state index >= 15 is 0 Å². The number of hydrogen-bond donors (Lipinski definition) is 1. The molecule has 1 N–H and O–H groups in total. The van der Waals surface area contributed by atoms with Gasteiger partial charge >= 0.3 is 0 Å². The molecule has 0 aliphatic heterocycles. The minimum atomic E-state index is -0.787. The fourth-order valence-electron chi connectivity index (χ4n) is 1.24. The van der Waals surface area contributed by atoms with Crippen LogP contribution in [-0.4, -0.2) is 34.3 Å². The topological polar surface area (TPSA) is 73.0 Å². The number of nitrogens with zero attached hydrogens (tertiary/aromatic N) is 4. The third-order valence-corrected chi connectivity index (χ3v) is 1.77. The molecule has 5 nitrogen and oxygen atoms in total. The predicted octanol–water partition coefficient (Wildman–Crippen LogP) is 0.555. The Hall–Kier alpha value is -1.67. The van der Waals surface area contributed by atoms with Gasteiger partial charge in [0.05, 0.1) is 18.0 Å². The molecule has 0 spiro atoms. The Kier molecular flexibility index (Phi) is 3.22. The van der Waals surface area contributed by atoms with Crippen molar-refractivity contribution in [1.82, 2.24) is 9.97 Å². The van der Waals surface area contributed by atoms with Crippen molar-refractivity contribution in [1.29, 1.82) is 5.26 Å². The zero-order valence-corrected chi connectivity index (χ0v) is 9.10. The van der Waals surface area contributed by atoms with Gasteiger partial charge in [0.25, 0.3) is 0 Å². The molecule has 1 heterocycles. The van der Waals surface area contributed by atoms with E-state index in [2.05, 4.69) is 9.97 Å². The second-order valence-electron chi connectivity index (χ2n) is 4.04. The molecule has 0 fully saturated rings. The fourth-order valence-corrected chi connectivity index (χ4v) is 1.24. The van der Waals surface area contributed by atoms with Gasteiger partial charge in [-0.05, 0) is 13.8 Å². The summed E-state index contributed by atoms with van der Waals surface area (Å²) < 4.78 is 0. The fraction of sp³-hybridized carbons (Fsp3) is 0.500. The first-order valence-electron chi connectivity index (χ1n) is 4.58. The molecule has 0 aromatic carbocycles. The van der Waals surface area contributed by atoms with Gasteiger partial charge in [0.15, 0.2) is 5.69 Å². The number of aromatic nitrogens is 2. The lowest BCUT2D eigenvalue weighted by atomic mass is 10.1. The molecule has 0 saturated heterocycles. The average Bonchev–Trinajstić information content (AvgIpc) is 2.15. The first-order chi connectivity index (χ1) is 6.92. The largest absolute Gasteiger partial charge is 0.389 e. The number of hydrogen-bond acceptors (Lipinski definition) is 5. The van der Waals surface area contributed by atoms with Gasteiger partial charge in [0.1, 0.15) is 11.9 Å². The molecule has 1 rings (SSSR count). The molecule has 0 saturated carbocycles. The normalized spacial score (nSPS) is 10.9. The zero-order valence-electron chi connectivity index (χ0n) is 9.10. The highest BCUT2D eigenvalue weighted by molar-refractivity contribution is 5.36. The average molecular weight is 206 g/mol. The van der Waals surface area contributed by atoms with Crippen molar-refractivity contribution in [3.63, 3.8) is 0 Å². The van der Waals surface area contributed by atoms with E-state index in [4.69, 9.17) is 5.26 Å². The SMILES string of the molecule is CN(CC(C)(C)O)c1cnc(C#N)cn1. The summed E-state index contributed by atoms with van der Waals surface area (Å²) in [7, 11) is 1.81. The monoisotopic (exact) mass is 206 g/mol. The Balaban J connectivity index is 2.75. The molecule has 15 heavy (non-hydrogen) atoms. The Morgan fingerprint density at radius 1 is 1.47 bits per heavy atom. The number of likely N-dealkylation sites (N-methyl/N-ethyl adjacent to an activating group) is 1. The van der Waals surface area contributed by atoms with Crippen molar-refractivity contribution >= 4 is 5.82 Å². The van der Waals surface area contributed by atoms with Crippen molar-refractivity contribution in [3.8, 4) is 6.07 Å². The van der Waals surface area contributed by atoms with Gasteiger partial charge in [0.2, 0.25) is 0 Å². The summed E-state index contributed by atoms with van der Waals surface area (Å²) in [6.45, 7) is 3.90. The van der Waals surface area contributed by atoms with E-state index in [9.17, 15) is 5.11 Å². The molecular formula is C10H14N4O. The maximum Gasteiger partial charge on any atom is 0.158 e. The summed E-state index contributed by atoms with van der Waals surface area (Å²) in [6.07, 6.45) is 2.93. The van der Waals surface area contributed by atoms with Crippen LogP contribution in [0.15, 0.2) is 12.4 Å². The molecule has 0 bridgehead atoms. The molecule has 1 aromatic heterocycles. The predicted molar refractivity (Wildman–Crippen MR) is 56.3 cm³/mol. The summed E-state index contributed by atoms with van der Waals surface area (Å²) in [4.78, 5) is 9.75. The Bertz CT molecular complexity index is 360. The molecular weight excluding hydrogens is 192 g/mol. The third kappa shape index (κ3) is 3.52. The maximum absolute atomic E-state index is 9.61. The number of rotatable bonds is 3. The van der Waals surface area contributed by atoms with Crippen LogP contribution in [0.25, 0.3) is 0 Å². The summed E-state index contributed by atoms with van der Waals surface area (Å²) in [5.74, 6) is 0.635. The first-order valence-corrected chi connectivity index (χ1v) is 4.58.